The van der Waals surface area contributed by atoms with E-state index in [1.54, 1.807) is 24.0 Å². The summed E-state index contributed by atoms with van der Waals surface area (Å²) in [6.07, 6.45) is 3.34. The molecule has 0 saturated heterocycles. The zero-order valence-electron chi connectivity index (χ0n) is 23.5. The first kappa shape index (κ1) is 28.7. The number of hydrogen-bond acceptors (Lipinski definition) is 6. The van der Waals surface area contributed by atoms with Crippen LogP contribution in [-0.4, -0.2) is 47.5 Å². The highest BCUT2D eigenvalue weighted by atomic mass is 35.5. The topological polar surface area (TPSA) is 77.4 Å². The standard InChI is InChI=1S/C31H37ClN2O5/c1-7-37-28(35)31(5,6)27-15-12-20(16-17-34(27)29(36)39-30(2,3)4)18-23-22-10-8-9-11-25(22)38-26-14-13-21(32)19-24(26)33-23/h8-14,19,27H,7,15-18H2,1-6H3/t27-/m1/s1. The van der Waals surface area contributed by atoms with Crippen molar-refractivity contribution in [3.8, 4) is 11.5 Å². The van der Waals surface area contributed by atoms with Crippen LogP contribution in [0.3, 0.4) is 0 Å². The average Bonchev–Trinajstić information content (AvgIpc) is 3.16. The van der Waals surface area contributed by atoms with E-state index < -0.39 is 23.2 Å². The molecule has 2 aromatic carbocycles. The molecule has 2 aromatic rings. The monoisotopic (exact) mass is 552 g/mol. The van der Waals surface area contributed by atoms with Crippen LogP contribution in [0.4, 0.5) is 10.5 Å². The highest BCUT2D eigenvalue weighted by Gasteiger charge is 2.44. The number of aliphatic imine (C=N–C) groups is 1. The molecule has 39 heavy (non-hydrogen) atoms. The van der Waals surface area contributed by atoms with Crippen LogP contribution in [0.25, 0.3) is 0 Å². The van der Waals surface area contributed by atoms with Gasteiger partial charge in [-0.05, 0) is 84.7 Å². The highest BCUT2D eigenvalue weighted by Crippen LogP contribution is 2.41. The minimum atomic E-state index is -0.936. The number of amides is 1. The summed E-state index contributed by atoms with van der Waals surface area (Å²) < 4.78 is 17.3. The van der Waals surface area contributed by atoms with E-state index in [1.807, 2.05) is 65.0 Å². The second kappa shape index (κ2) is 11.4. The second-order valence-corrected chi connectivity index (χ2v) is 11.9. The van der Waals surface area contributed by atoms with E-state index in [2.05, 4.69) is 6.08 Å². The Morgan fingerprint density at radius 1 is 1.10 bits per heavy atom. The molecular formula is C31H37ClN2O5. The summed E-state index contributed by atoms with van der Waals surface area (Å²) in [7, 11) is 0. The summed E-state index contributed by atoms with van der Waals surface area (Å²) in [6, 6.07) is 12.8. The van der Waals surface area contributed by atoms with Crippen molar-refractivity contribution in [2.45, 2.75) is 72.4 Å². The lowest BCUT2D eigenvalue weighted by molar-refractivity contribution is -0.157. The number of fused-ring (bicyclic) bond motifs is 2. The minimum absolute atomic E-state index is 0.273. The molecule has 8 heteroatoms. The van der Waals surface area contributed by atoms with Crippen molar-refractivity contribution < 1.29 is 23.8 Å². The van der Waals surface area contributed by atoms with Gasteiger partial charge in [0.2, 0.25) is 0 Å². The van der Waals surface area contributed by atoms with Gasteiger partial charge in [-0.15, -0.1) is 0 Å². The van der Waals surface area contributed by atoms with Gasteiger partial charge in [0.05, 0.1) is 23.8 Å². The van der Waals surface area contributed by atoms with Crippen LogP contribution in [0.2, 0.25) is 5.02 Å². The molecule has 0 N–H and O–H groups in total. The molecule has 4 rings (SSSR count). The molecule has 7 nitrogen and oxygen atoms in total. The largest absolute Gasteiger partial charge is 0.466 e. The van der Waals surface area contributed by atoms with Crippen LogP contribution in [-0.2, 0) is 14.3 Å². The molecule has 1 atom stereocenters. The van der Waals surface area contributed by atoms with Gasteiger partial charge in [0.15, 0.2) is 5.75 Å². The molecule has 1 amide bonds. The van der Waals surface area contributed by atoms with Crippen molar-refractivity contribution in [2.75, 3.05) is 13.2 Å². The summed E-state index contributed by atoms with van der Waals surface area (Å²) in [4.78, 5) is 33.0. The van der Waals surface area contributed by atoms with Crippen molar-refractivity contribution in [1.29, 1.82) is 0 Å². The van der Waals surface area contributed by atoms with Gasteiger partial charge in [0.1, 0.15) is 17.0 Å². The Kier molecular flexibility index (Phi) is 8.40. The number of halogens is 1. The number of carbonyl (C=O) groups is 2. The molecule has 0 saturated carbocycles. The van der Waals surface area contributed by atoms with Crippen LogP contribution < -0.4 is 4.74 Å². The first-order valence-electron chi connectivity index (χ1n) is 13.4. The first-order chi connectivity index (χ1) is 18.4. The van der Waals surface area contributed by atoms with Crippen molar-refractivity contribution >= 4 is 35.1 Å². The lowest BCUT2D eigenvalue weighted by atomic mass is 9.81. The summed E-state index contributed by atoms with van der Waals surface area (Å²) in [5, 5.41) is 0.581. The van der Waals surface area contributed by atoms with E-state index in [-0.39, 0.29) is 12.6 Å². The van der Waals surface area contributed by atoms with Crippen molar-refractivity contribution in [3.63, 3.8) is 0 Å². The maximum absolute atomic E-state index is 13.4. The number of esters is 1. The molecule has 0 aliphatic carbocycles. The predicted molar refractivity (Wildman–Crippen MR) is 153 cm³/mol. The Morgan fingerprint density at radius 3 is 2.56 bits per heavy atom. The molecule has 208 valence electrons. The van der Waals surface area contributed by atoms with Crippen molar-refractivity contribution in [1.82, 2.24) is 4.90 Å². The van der Waals surface area contributed by atoms with Gasteiger partial charge in [-0.25, -0.2) is 9.79 Å². The van der Waals surface area contributed by atoms with E-state index in [1.165, 1.54) is 0 Å². The zero-order valence-corrected chi connectivity index (χ0v) is 24.3. The van der Waals surface area contributed by atoms with Gasteiger partial charge in [0, 0.05) is 23.6 Å². The van der Waals surface area contributed by atoms with Crippen molar-refractivity contribution in [2.24, 2.45) is 10.4 Å². The third kappa shape index (κ3) is 6.64. The Morgan fingerprint density at radius 2 is 1.85 bits per heavy atom. The Bertz CT molecular complexity index is 1310. The Balaban J connectivity index is 1.68. The maximum atomic E-state index is 13.4. The number of carbonyl (C=O) groups excluding carboxylic acids is 2. The van der Waals surface area contributed by atoms with Gasteiger partial charge < -0.3 is 19.1 Å². The predicted octanol–water partition coefficient (Wildman–Crippen LogP) is 7.87. The molecule has 0 spiro atoms. The van der Waals surface area contributed by atoms with Crippen LogP contribution >= 0.6 is 11.6 Å². The molecule has 2 aliphatic rings. The number of hydrogen-bond donors (Lipinski definition) is 0. The van der Waals surface area contributed by atoms with E-state index >= 15 is 0 Å². The van der Waals surface area contributed by atoms with Crippen LogP contribution in [0.1, 0.15) is 66.4 Å². The summed E-state index contributed by atoms with van der Waals surface area (Å²) >= 11 is 6.28. The lowest BCUT2D eigenvalue weighted by Crippen LogP contribution is -2.52. The molecule has 2 heterocycles. The summed E-state index contributed by atoms with van der Waals surface area (Å²) in [6.45, 7) is 11.6. The molecule has 0 bridgehead atoms. The number of para-hydroxylation sites is 1. The number of ether oxygens (including phenoxy) is 3. The highest BCUT2D eigenvalue weighted by molar-refractivity contribution is 6.31. The van der Waals surface area contributed by atoms with E-state index in [0.29, 0.717) is 42.3 Å². The third-order valence-electron chi connectivity index (χ3n) is 6.93. The Labute approximate surface area is 235 Å². The molecule has 2 aliphatic heterocycles. The Hall–Kier alpha value is -3.32. The van der Waals surface area contributed by atoms with Crippen LogP contribution in [0.15, 0.2) is 59.1 Å². The van der Waals surface area contributed by atoms with Gasteiger partial charge in [-0.2, -0.15) is 0 Å². The lowest BCUT2D eigenvalue weighted by Gasteiger charge is -2.39. The normalized spacial score (nSPS) is 17.4. The number of benzene rings is 2. The van der Waals surface area contributed by atoms with Crippen LogP contribution in [0, 0.1) is 5.41 Å². The van der Waals surface area contributed by atoms with Crippen LogP contribution in [0.5, 0.6) is 11.5 Å². The third-order valence-corrected chi connectivity index (χ3v) is 7.17. The molecule has 0 fully saturated rings. The van der Waals surface area contributed by atoms with Gasteiger partial charge in [-0.3, -0.25) is 4.79 Å². The maximum Gasteiger partial charge on any atom is 0.410 e. The fourth-order valence-corrected chi connectivity index (χ4v) is 5.06. The summed E-state index contributed by atoms with van der Waals surface area (Å²) in [5.74, 6) is 1.03. The minimum Gasteiger partial charge on any atom is -0.466 e. The fourth-order valence-electron chi connectivity index (χ4n) is 4.90. The molecule has 0 unspecified atom stereocenters. The molecule has 0 radical (unpaired) electrons. The average molecular weight is 553 g/mol. The number of rotatable bonds is 5. The fraction of sp³-hybridized carbons (Fsp3) is 0.452. The van der Waals surface area contributed by atoms with Gasteiger partial charge in [-0.1, -0.05) is 35.4 Å². The SMILES string of the molecule is CCOC(=O)C(C)(C)[C@H]1CC=C(CC2=Nc3cc(Cl)ccc3Oc3ccccc32)CCN1C(=O)OC(C)(C)C. The zero-order chi connectivity index (χ0) is 28.4. The second-order valence-electron chi connectivity index (χ2n) is 11.4. The van der Waals surface area contributed by atoms with E-state index in [4.69, 9.17) is 30.8 Å². The smallest absolute Gasteiger partial charge is 0.410 e. The summed E-state index contributed by atoms with van der Waals surface area (Å²) in [5.41, 5.74) is 1.94. The van der Waals surface area contributed by atoms with Gasteiger partial charge in [0.25, 0.3) is 0 Å². The van der Waals surface area contributed by atoms with E-state index in [0.717, 1.165) is 22.6 Å². The first-order valence-corrected chi connectivity index (χ1v) is 13.8. The molecular weight excluding hydrogens is 516 g/mol. The van der Waals surface area contributed by atoms with E-state index in [9.17, 15) is 9.59 Å². The van der Waals surface area contributed by atoms with Crippen molar-refractivity contribution in [3.05, 3.63) is 64.7 Å². The number of nitrogens with zero attached hydrogens (tertiary/aromatic N) is 2. The quantitative estimate of drug-likeness (QED) is 0.278. The molecule has 0 aromatic heterocycles. The van der Waals surface area contributed by atoms with Gasteiger partial charge >= 0.3 is 12.1 Å².